The minimum atomic E-state index is -0.423. The Labute approximate surface area is 107 Å². The molecule has 0 radical (unpaired) electrons. The third-order valence-corrected chi connectivity index (χ3v) is 2.74. The van der Waals surface area contributed by atoms with E-state index < -0.39 is 4.92 Å². The maximum absolute atomic E-state index is 11.0. The molecule has 0 bridgehead atoms. The first-order valence-corrected chi connectivity index (χ1v) is 5.82. The molecule has 0 aliphatic carbocycles. The first-order valence-electron chi connectivity index (χ1n) is 5.82. The Morgan fingerprint density at radius 2 is 1.94 bits per heavy atom. The lowest BCUT2D eigenvalue weighted by molar-refractivity contribution is -0.383. The van der Waals surface area contributed by atoms with E-state index in [0.29, 0.717) is 5.69 Å². The van der Waals surface area contributed by atoms with Gasteiger partial charge in [0.2, 0.25) is 0 Å². The first kappa shape index (κ1) is 14.2. The molecule has 0 fully saturated rings. The van der Waals surface area contributed by atoms with Gasteiger partial charge < -0.3 is 15.5 Å². The van der Waals surface area contributed by atoms with E-state index in [9.17, 15) is 10.1 Å². The molecule has 18 heavy (non-hydrogen) atoms. The standard InChI is InChI=1S/C12H20N4O2/c1-14(2)8-5-9-15(3)11-7-4-6-10(13)12(11)16(17)18/h4,6-7H,5,8-9,13H2,1-3H3. The van der Waals surface area contributed by atoms with Crippen LogP contribution in [0.4, 0.5) is 17.1 Å². The highest BCUT2D eigenvalue weighted by molar-refractivity contribution is 5.75. The quantitative estimate of drug-likeness (QED) is 0.472. The van der Waals surface area contributed by atoms with Gasteiger partial charge in [-0.3, -0.25) is 10.1 Å². The zero-order valence-corrected chi connectivity index (χ0v) is 11.1. The van der Waals surface area contributed by atoms with Crippen molar-refractivity contribution in [1.82, 2.24) is 4.90 Å². The summed E-state index contributed by atoms with van der Waals surface area (Å²) in [7, 11) is 5.85. The van der Waals surface area contributed by atoms with Gasteiger partial charge in [0, 0.05) is 13.6 Å². The van der Waals surface area contributed by atoms with Gasteiger partial charge in [-0.1, -0.05) is 6.07 Å². The van der Waals surface area contributed by atoms with E-state index in [1.165, 1.54) is 0 Å². The van der Waals surface area contributed by atoms with Gasteiger partial charge in [-0.25, -0.2) is 0 Å². The molecule has 100 valence electrons. The van der Waals surface area contributed by atoms with Crippen LogP contribution in [-0.2, 0) is 0 Å². The fourth-order valence-electron chi connectivity index (χ4n) is 1.80. The van der Waals surface area contributed by atoms with Gasteiger partial charge in [0.05, 0.1) is 4.92 Å². The van der Waals surface area contributed by atoms with Gasteiger partial charge in [-0.2, -0.15) is 0 Å². The molecule has 0 aliphatic heterocycles. The molecule has 0 unspecified atom stereocenters. The number of hydrogen-bond donors (Lipinski definition) is 1. The van der Waals surface area contributed by atoms with Gasteiger partial charge in [0.1, 0.15) is 11.4 Å². The van der Waals surface area contributed by atoms with E-state index in [-0.39, 0.29) is 11.4 Å². The molecular weight excluding hydrogens is 232 g/mol. The Hall–Kier alpha value is -1.82. The van der Waals surface area contributed by atoms with Crippen molar-refractivity contribution >= 4 is 17.1 Å². The Morgan fingerprint density at radius 3 is 2.50 bits per heavy atom. The van der Waals surface area contributed by atoms with Gasteiger partial charge >= 0.3 is 5.69 Å². The summed E-state index contributed by atoms with van der Waals surface area (Å²) in [6.45, 7) is 1.70. The van der Waals surface area contributed by atoms with Crippen LogP contribution in [0.25, 0.3) is 0 Å². The Balaban J connectivity index is 2.82. The van der Waals surface area contributed by atoms with Crippen molar-refractivity contribution in [1.29, 1.82) is 0 Å². The van der Waals surface area contributed by atoms with Crippen molar-refractivity contribution in [3.05, 3.63) is 28.3 Å². The molecule has 0 spiro atoms. The molecular formula is C12H20N4O2. The average Bonchev–Trinajstić information content (AvgIpc) is 2.27. The minimum absolute atomic E-state index is 0.00940. The third kappa shape index (κ3) is 3.59. The van der Waals surface area contributed by atoms with Crippen molar-refractivity contribution < 1.29 is 4.92 Å². The van der Waals surface area contributed by atoms with Gasteiger partial charge in [-0.05, 0) is 39.2 Å². The molecule has 0 atom stereocenters. The molecule has 6 heteroatoms. The lowest BCUT2D eigenvalue weighted by atomic mass is 10.2. The molecule has 0 amide bonds. The molecule has 1 aromatic carbocycles. The number of para-hydroxylation sites is 1. The van der Waals surface area contributed by atoms with Crippen LogP contribution in [0.2, 0.25) is 0 Å². The molecule has 0 saturated heterocycles. The highest BCUT2D eigenvalue weighted by Crippen LogP contribution is 2.32. The molecule has 1 aromatic rings. The topological polar surface area (TPSA) is 75.6 Å². The van der Waals surface area contributed by atoms with Gasteiger partial charge in [0.15, 0.2) is 0 Å². The predicted octanol–water partition coefficient (Wildman–Crippen LogP) is 1.56. The second-order valence-electron chi connectivity index (χ2n) is 4.55. The van der Waals surface area contributed by atoms with E-state index in [2.05, 4.69) is 4.90 Å². The number of anilines is 2. The summed E-state index contributed by atoms with van der Waals surface area (Å²) < 4.78 is 0. The van der Waals surface area contributed by atoms with Crippen molar-refractivity contribution in [3.63, 3.8) is 0 Å². The van der Waals surface area contributed by atoms with Crippen LogP contribution in [-0.4, -0.2) is 44.1 Å². The fraction of sp³-hybridized carbons (Fsp3) is 0.500. The number of benzene rings is 1. The SMILES string of the molecule is CN(C)CCCN(C)c1cccc(N)c1[N+](=O)[O-]. The normalized spacial score (nSPS) is 10.7. The second-order valence-corrected chi connectivity index (χ2v) is 4.55. The van der Waals surface area contributed by atoms with Crippen LogP contribution < -0.4 is 10.6 Å². The maximum Gasteiger partial charge on any atom is 0.315 e. The van der Waals surface area contributed by atoms with Gasteiger partial charge in [0.25, 0.3) is 0 Å². The van der Waals surface area contributed by atoms with E-state index in [1.807, 2.05) is 26.0 Å². The number of rotatable bonds is 6. The first-order chi connectivity index (χ1) is 8.43. The Bertz CT molecular complexity index is 421. The van der Waals surface area contributed by atoms with Crippen molar-refractivity contribution in [2.24, 2.45) is 0 Å². The summed E-state index contributed by atoms with van der Waals surface area (Å²) in [5.74, 6) is 0. The number of nitro groups is 1. The fourth-order valence-corrected chi connectivity index (χ4v) is 1.80. The van der Waals surface area contributed by atoms with E-state index in [1.54, 1.807) is 18.2 Å². The molecule has 0 aliphatic rings. The molecule has 1 rings (SSSR count). The number of nitrogen functional groups attached to an aromatic ring is 1. The smallest absolute Gasteiger partial charge is 0.315 e. The molecule has 2 N–H and O–H groups in total. The van der Waals surface area contributed by atoms with E-state index in [4.69, 9.17) is 5.73 Å². The second kappa shape index (κ2) is 6.20. The monoisotopic (exact) mass is 252 g/mol. The largest absolute Gasteiger partial charge is 0.393 e. The minimum Gasteiger partial charge on any atom is -0.393 e. The lowest BCUT2D eigenvalue weighted by Gasteiger charge is -2.20. The number of nitro benzene ring substituents is 1. The van der Waals surface area contributed by atoms with Gasteiger partial charge in [-0.15, -0.1) is 0 Å². The molecule has 0 saturated carbocycles. The van der Waals surface area contributed by atoms with Crippen LogP contribution in [0.5, 0.6) is 0 Å². The zero-order valence-electron chi connectivity index (χ0n) is 11.1. The number of nitrogens with zero attached hydrogens (tertiary/aromatic N) is 3. The molecule has 0 aromatic heterocycles. The Morgan fingerprint density at radius 1 is 1.28 bits per heavy atom. The summed E-state index contributed by atoms with van der Waals surface area (Å²) in [6.07, 6.45) is 0.940. The molecule has 6 nitrogen and oxygen atoms in total. The van der Waals surface area contributed by atoms with Crippen molar-refractivity contribution in [2.45, 2.75) is 6.42 Å². The van der Waals surface area contributed by atoms with Crippen LogP contribution in [0, 0.1) is 10.1 Å². The van der Waals surface area contributed by atoms with E-state index in [0.717, 1.165) is 19.5 Å². The van der Waals surface area contributed by atoms with Crippen molar-refractivity contribution in [3.8, 4) is 0 Å². The Kier molecular flexibility index (Phi) is 4.91. The van der Waals surface area contributed by atoms with Crippen LogP contribution in [0.3, 0.4) is 0 Å². The number of nitrogens with two attached hydrogens (primary N) is 1. The lowest BCUT2D eigenvalue weighted by Crippen LogP contribution is -2.24. The summed E-state index contributed by atoms with van der Waals surface area (Å²) in [5, 5.41) is 11.0. The number of hydrogen-bond acceptors (Lipinski definition) is 5. The van der Waals surface area contributed by atoms with Crippen LogP contribution >= 0.6 is 0 Å². The summed E-state index contributed by atoms with van der Waals surface area (Å²) in [5.41, 5.74) is 6.42. The molecule has 0 heterocycles. The predicted molar refractivity (Wildman–Crippen MR) is 73.9 cm³/mol. The maximum atomic E-state index is 11.0. The highest BCUT2D eigenvalue weighted by Gasteiger charge is 2.20. The summed E-state index contributed by atoms with van der Waals surface area (Å²) >= 11 is 0. The third-order valence-electron chi connectivity index (χ3n) is 2.74. The van der Waals surface area contributed by atoms with Crippen LogP contribution in [0.1, 0.15) is 6.42 Å². The average molecular weight is 252 g/mol. The van der Waals surface area contributed by atoms with Crippen molar-refractivity contribution in [2.75, 3.05) is 44.9 Å². The zero-order chi connectivity index (χ0) is 13.7. The summed E-state index contributed by atoms with van der Waals surface area (Å²) in [4.78, 5) is 14.6. The van der Waals surface area contributed by atoms with E-state index >= 15 is 0 Å². The van der Waals surface area contributed by atoms with Crippen LogP contribution in [0.15, 0.2) is 18.2 Å². The summed E-state index contributed by atoms with van der Waals surface area (Å²) in [6, 6.07) is 5.01. The highest BCUT2D eigenvalue weighted by atomic mass is 16.6.